The number of morpholine rings is 1. The molecule has 1 aromatic carbocycles. The number of aliphatic imine (C=N–C) groups is 1. The largest absolute Gasteiger partial charge is 0.379 e. The first-order valence-electron chi connectivity index (χ1n) is 11.4. The second-order valence-corrected chi connectivity index (χ2v) is 8.61. The molecule has 1 saturated carbocycles. The zero-order chi connectivity index (χ0) is 20.8. The van der Waals surface area contributed by atoms with Gasteiger partial charge in [-0.15, -0.1) is 0 Å². The number of anilines is 1. The summed E-state index contributed by atoms with van der Waals surface area (Å²) in [5.41, 5.74) is 2.03. The predicted octanol–water partition coefficient (Wildman–Crippen LogP) is 2.30. The molecule has 1 aliphatic carbocycles. The second kappa shape index (κ2) is 10.3. The first kappa shape index (κ1) is 21.1. The van der Waals surface area contributed by atoms with Crippen molar-refractivity contribution in [3.8, 4) is 0 Å². The van der Waals surface area contributed by atoms with Gasteiger partial charge in [0.25, 0.3) is 0 Å². The fraction of sp³-hybridized carbons (Fsp3) is 0.652. The van der Waals surface area contributed by atoms with E-state index < -0.39 is 0 Å². The van der Waals surface area contributed by atoms with Gasteiger partial charge in [-0.05, 0) is 37.0 Å². The third-order valence-electron chi connectivity index (χ3n) is 6.61. The number of hydrogen-bond acceptors (Lipinski definition) is 4. The lowest BCUT2D eigenvalue weighted by Gasteiger charge is -2.32. The standard InChI is InChI=1S/C23H35N5O2/c1-24-23(28-10-9-21(17-28)27-11-13-30-14-12-27)25-16-18-5-4-8-20(15-18)26-22(29)19-6-2-3-7-19/h4-5,8,15,19,21H,2-3,6-7,9-14,16-17H2,1H3,(H,24,25)(H,26,29). The summed E-state index contributed by atoms with van der Waals surface area (Å²) in [5.74, 6) is 1.30. The molecule has 2 N–H and O–H groups in total. The van der Waals surface area contributed by atoms with Crippen molar-refractivity contribution in [1.82, 2.24) is 15.1 Å². The average Bonchev–Trinajstić information content (AvgIpc) is 3.48. The van der Waals surface area contributed by atoms with Crippen molar-refractivity contribution in [3.63, 3.8) is 0 Å². The molecule has 0 aromatic heterocycles. The van der Waals surface area contributed by atoms with Crippen molar-refractivity contribution >= 4 is 17.6 Å². The lowest BCUT2D eigenvalue weighted by atomic mass is 10.1. The van der Waals surface area contributed by atoms with E-state index in [1.807, 2.05) is 19.2 Å². The number of benzene rings is 1. The number of carbonyl (C=O) groups is 1. The first-order chi connectivity index (χ1) is 14.7. The lowest BCUT2D eigenvalue weighted by Crippen LogP contribution is -2.46. The van der Waals surface area contributed by atoms with E-state index in [0.717, 1.165) is 69.4 Å². The lowest BCUT2D eigenvalue weighted by molar-refractivity contribution is -0.119. The van der Waals surface area contributed by atoms with E-state index in [1.165, 1.54) is 19.3 Å². The van der Waals surface area contributed by atoms with Crippen LogP contribution in [0.2, 0.25) is 0 Å². The summed E-state index contributed by atoms with van der Waals surface area (Å²) in [4.78, 5) is 21.8. The Balaban J connectivity index is 1.28. The summed E-state index contributed by atoms with van der Waals surface area (Å²) in [6, 6.07) is 8.72. The molecule has 2 aliphatic heterocycles. The Morgan fingerprint density at radius 3 is 2.73 bits per heavy atom. The number of carbonyl (C=O) groups excluding carboxylic acids is 1. The molecule has 0 spiro atoms. The number of nitrogens with one attached hydrogen (secondary N) is 2. The van der Waals surface area contributed by atoms with Crippen LogP contribution in [0.4, 0.5) is 5.69 Å². The maximum absolute atomic E-state index is 12.4. The molecule has 7 nitrogen and oxygen atoms in total. The highest BCUT2D eigenvalue weighted by Gasteiger charge is 2.30. The number of nitrogens with zero attached hydrogens (tertiary/aromatic N) is 3. The summed E-state index contributed by atoms with van der Waals surface area (Å²) < 4.78 is 5.49. The molecule has 1 aromatic rings. The van der Waals surface area contributed by atoms with Gasteiger partial charge in [-0.3, -0.25) is 14.7 Å². The van der Waals surface area contributed by atoms with E-state index in [9.17, 15) is 4.79 Å². The molecule has 4 rings (SSSR count). The average molecular weight is 414 g/mol. The van der Waals surface area contributed by atoms with Crippen LogP contribution in [0.25, 0.3) is 0 Å². The number of hydrogen-bond donors (Lipinski definition) is 2. The number of rotatable bonds is 5. The topological polar surface area (TPSA) is 69.2 Å². The Morgan fingerprint density at radius 1 is 1.17 bits per heavy atom. The molecule has 0 bridgehead atoms. The van der Waals surface area contributed by atoms with E-state index >= 15 is 0 Å². The quantitative estimate of drug-likeness (QED) is 0.573. The van der Waals surface area contributed by atoms with Crippen molar-refractivity contribution in [3.05, 3.63) is 29.8 Å². The molecular weight excluding hydrogens is 378 g/mol. The summed E-state index contributed by atoms with van der Waals surface area (Å²) >= 11 is 0. The third-order valence-corrected chi connectivity index (χ3v) is 6.61. The highest BCUT2D eigenvalue weighted by molar-refractivity contribution is 5.92. The van der Waals surface area contributed by atoms with Crippen LogP contribution in [0.5, 0.6) is 0 Å². The highest BCUT2D eigenvalue weighted by Crippen LogP contribution is 2.26. The molecule has 3 fully saturated rings. The van der Waals surface area contributed by atoms with Crippen LogP contribution in [0.3, 0.4) is 0 Å². The van der Waals surface area contributed by atoms with Crippen LogP contribution in [0.1, 0.15) is 37.7 Å². The molecule has 0 radical (unpaired) electrons. The number of ether oxygens (including phenoxy) is 1. The fourth-order valence-corrected chi connectivity index (χ4v) is 4.88. The Bertz CT molecular complexity index is 741. The summed E-state index contributed by atoms with van der Waals surface area (Å²) in [6.45, 7) is 6.48. The molecule has 1 atom stereocenters. The smallest absolute Gasteiger partial charge is 0.227 e. The van der Waals surface area contributed by atoms with Crippen LogP contribution in [0.15, 0.2) is 29.3 Å². The monoisotopic (exact) mass is 413 g/mol. The second-order valence-electron chi connectivity index (χ2n) is 8.61. The van der Waals surface area contributed by atoms with Crippen molar-refractivity contribution in [1.29, 1.82) is 0 Å². The highest BCUT2D eigenvalue weighted by atomic mass is 16.5. The summed E-state index contributed by atoms with van der Waals surface area (Å²) in [7, 11) is 1.85. The fourth-order valence-electron chi connectivity index (χ4n) is 4.88. The Kier molecular flexibility index (Phi) is 7.23. The van der Waals surface area contributed by atoms with Gasteiger partial charge in [0, 0.05) is 57.4 Å². The van der Waals surface area contributed by atoms with Crippen LogP contribution >= 0.6 is 0 Å². The Morgan fingerprint density at radius 2 is 1.97 bits per heavy atom. The van der Waals surface area contributed by atoms with Gasteiger partial charge in [0.1, 0.15) is 0 Å². The van der Waals surface area contributed by atoms with Gasteiger partial charge in [0.05, 0.1) is 13.2 Å². The molecule has 2 saturated heterocycles. The van der Waals surface area contributed by atoms with E-state index in [4.69, 9.17) is 4.74 Å². The number of likely N-dealkylation sites (tertiary alicyclic amines) is 1. The van der Waals surface area contributed by atoms with Gasteiger partial charge in [-0.1, -0.05) is 25.0 Å². The number of amides is 1. The SMILES string of the molecule is CN=C(NCc1cccc(NC(=O)C2CCCC2)c1)N1CCC(N2CCOCC2)C1. The zero-order valence-electron chi connectivity index (χ0n) is 18.1. The van der Waals surface area contributed by atoms with Crippen molar-refractivity contribution < 1.29 is 9.53 Å². The minimum Gasteiger partial charge on any atom is -0.379 e. The molecular formula is C23H35N5O2. The van der Waals surface area contributed by atoms with E-state index in [-0.39, 0.29) is 11.8 Å². The van der Waals surface area contributed by atoms with Gasteiger partial charge in [-0.2, -0.15) is 0 Å². The predicted molar refractivity (Wildman–Crippen MR) is 120 cm³/mol. The van der Waals surface area contributed by atoms with Gasteiger partial charge in [0.15, 0.2) is 5.96 Å². The van der Waals surface area contributed by atoms with E-state index in [0.29, 0.717) is 12.6 Å². The van der Waals surface area contributed by atoms with Gasteiger partial charge in [-0.25, -0.2) is 0 Å². The maximum atomic E-state index is 12.4. The molecule has 1 unspecified atom stereocenters. The van der Waals surface area contributed by atoms with Crippen molar-refractivity contribution in [2.24, 2.45) is 10.9 Å². The minimum absolute atomic E-state index is 0.166. The third kappa shape index (κ3) is 5.32. The maximum Gasteiger partial charge on any atom is 0.227 e. The molecule has 1 amide bonds. The summed E-state index contributed by atoms with van der Waals surface area (Å²) in [5, 5.41) is 6.61. The van der Waals surface area contributed by atoms with Crippen molar-refractivity contribution in [2.45, 2.75) is 44.7 Å². The molecule has 30 heavy (non-hydrogen) atoms. The normalized spacial score (nSPS) is 23.7. The van der Waals surface area contributed by atoms with E-state index in [1.54, 1.807) is 0 Å². The minimum atomic E-state index is 0.166. The molecule has 164 valence electrons. The Labute approximate surface area is 179 Å². The van der Waals surface area contributed by atoms with Crippen LogP contribution in [0, 0.1) is 5.92 Å². The summed E-state index contributed by atoms with van der Waals surface area (Å²) in [6.07, 6.45) is 5.55. The number of guanidine groups is 1. The molecule has 2 heterocycles. The van der Waals surface area contributed by atoms with E-state index in [2.05, 4.69) is 37.6 Å². The van der Waals surface area contributed by atoms with Gasteiger partial charge < -0.3 is 20.3 Å². The van der Waals surface area contributed by atoms with Crippen LogP contribution in [-0.2, 0) is 16.1 Å². The molecule has 7 heteroatoms. The van der Waals surface area contributed by atoms with Gasteiger partial charge in [0.2, 0.25) is 5.91 Å². The van der Waals surface area contributed by atoms with Crippen molar-refractivity contribution in [2.75, 3.05) is 51.8 Å². The zero-order valence-corrected chi connectivity index (χ0v) is 18.1. The van der Waals surface area contributed by atoms with Crippen LogP contribution in [-0.4, -0.2) is 74.1 Å². The van der Waals surface area contributed by atoms with Crippen LogP contribution < -0.4 is 10.6 Å². The molecule has 3 aliphatic rings. The first-order valence-corrected chi connectivity index (χ1v) is 11.4. The Hall–Kier alpha value is -2.12. The van der Waals surface area contributed by atoms with Gasteiger partial charge >= 0.3 is 0 Å².